The number of thioether (sulfide) groups is 1. The van der Waals surface area contributed by atoms with Crippen LogP contribution in [0.5, 0.6) is 0 Å². The largest absolute Gasteiger partial charge is 0.325 e. The van der Waals surface area contributed by atoms with Crippen LogP contribution < -0.4 is 10.6 Å². The zero-order chi connectivity index (χ0) is 24.0. The molecule has 1 heterocycles. The lowest BCUT2D eigenvalue weighted by atomic mass is 10.3. The molecule has 0 aliphatic rings. The second-order valence-corrected chi connectivity index (χ2v) is 9.58. The summed E-state index contributed by atoms with van der Waals surface area (Å²) in [5.74, 6) is -0.0549. The number of benzene rings is 2. The number of anilines is 2. The van der Waals surface area contributed by atoms with Gasteiger partial charge in [0, 0.05) is 16.7 Å². The molecule has 3 rings (SSSR count). The molecule has 0 fully saturated rings. The first-order valence-electron chi connectivity index (χ1n) is 9.43. The summed E-state index contributed by atoms with van der Waals surface area (Å²) in [4.78, 5) is 24.9. The molecule has 7 nitrogen and oxygen atoms in total. The summed E-state index contributed by atoms with van der Waals surface area (Å²) >= 11 is 22.7. The minimum Gasteiger partial charge on any atom is -0.325 e. The number of halogens is 4. The Morgan fingerprint density at radius 1 is 1.09 bits per heavy atom. The van der Waals surface area contributed by atoms with Gasteiger partial charge in [-0.25, -0.2) is 0 Å². The fraction of sp³-hybridized carbons (Fsp3) is 0.143. The number of carbonyl (C=O) groups excluding carboxylic acids is 2. The van der Waals surface area contributed by atoms with Crippen LogP contribution in [0.1, 0.15) is 5.82 Å². The van der Waals surface area contributed by atoms with Crippen LogP contribution in [0.25, 0.3) is 0 Å². The minimum absolute atomic E-state index is 0.0478. The molecule has 2 amide bonds. The third-order valence-corrected chi connectivity index (χ3v) is 7.20. The number of hydrogen-bond acceptors (Lipinski definition) is 5. The van der Waals surface area contributed by atoms with Crippen molar-refractivity contribution in [3.05, 3.63) is 74.4 Å². The monoisotopic (exact) mass is 587 g/mol. The van der Waals surface area contributed by atoms with Crippen molar-refractivity contribution >= 4 is 85.7 Å². The molecule has 0 aliphatic carbocycles. The summed E-state index contributed by atoms with van der Waals surface area (Å²) < 4.78 is 2.46. The van der Waals surface area contributed by atoms with Crippen LogP contribution in [0.4, 0.5) is 11.4 Å². The number of hydrogen-bond donors (Lipinski definition) is 2. The van der Waals surface area contributed by atoms with E-state index in [1.54, 1.807) is 47.0 Å². The molecule has 1 aromatic heterocycles. The first kappa shape index (κ1) is 25.6. The average Bonchev–Trinajstić information content (AvgIpc) is 3.14. The second-order valence-electron chi connectivity index (χ2n) is 6.59. The summed E-state index contributed by atoms with van der Waals surface area (Å²) in [7, 11) is 0. The molecule has 3 aromatic rings. The van der Waals surface area contributed by atoms with Crippen molar-refractivity contribution in [2.24, 2.45) is 0 Å². The average molecular weight is 590 g/mol. The minimum atomic E-state index is -0.335. The molecule has 0 spiro atoms. The van der Waals surface area contributed by atoms with E-state index in [2.05, 4.69) is 43.3 Å². The Bertz CT molecular complexity index is 1200. The van der Waals surface area contributed by atoms with E-state index in [9.17, 15) is 9.59 Å². The standard InChI is InChI=1S/C21H17BrCl3N5O2S/c1-2-8-30-17(10-18(31)27-16-5-3-4-14(23)20(16)25)28-29-21(30)33-11-19(32)26-12-6-7-13(22)15(24)9-12/h2-7,9H,1,8,10-11H2,(H,26,32)(H,27,31). The molecule has 0 saturated heterocycles. The Morgan fingerprint density at radius 2 is 1.88 bits per heavy atom. The Labute approximate surface area is 218 Å². The zero-order valence-corrected chi connectivity index (χ0v) is 21.6. The normalized spacial score (nSPS) is 10.7. The number of aromatic nitrogens is 3. The molecule has 33 heavy (non-hydrogen) atoms. The molecular weight excluding hydrogens is 573 g/mol. The molecule has 0 radical (unpaired) electrons. The summed E-state index contributed by atoms with van der Waals surface area (Å²) in [6.07, 6.45) is 1.61. The lowest BCUT2D eigenvalue weighted by Gasteiger charge is -2.10. The molecule has 0 bridgehead atoms. The second kappa shape index (κ2) is 11.9. The number of nitrogens with one attached hydrogen (secondary N) is 2. The molecule has 2 N–H and O–H groups in total. The summed E-state index contributed by atoms with van der Waals surface area (Å²) in [5, 5.41) is 15.3. The van der Waals surface area contributed by atoms with Crippen molar-refractivity contribution in [3.8, 4) is 0 Å². The van der Waals surface area contributed by atoms with Crippen molar-refractivity contribution in [1.82, 2.24) is 14.8 Å². The van der Waals surface area contributed by atoms with Gasteiger partial charge < -0.3 is 15.2 Å². The third-order valence-electron chi connectivity index (χ3n) is 4.19. The predicted molar refractivity (Wildman–Crippen MR) is 138 cm³/mol. The SMILES string of the molecule is C=CCn1c(CC(=O)Nc2cccc(Cl)c2Cl)nnc1SCC(=O)Nc1ccc(Br)c(Cl)c1. The van der Waals surface area contributed by atoms with Crippen LogP contribution >= 0.6 is 62.5 Å². The predicted octanol–water partition coefficient (Wildman–Crippen LogP) is 6.10. The van der Waals surface area contributed by atoms with E-state index in [1.807, 2.05) is 0 Å². The van der Waals surface area contributed by atoms with Gasteiger partial charge in [-0.2, -0.15) is 0 Å². The number of carbonyl (C=O) groups is 2. The molecule has 172 valence electrons. The number of rotatable bonds is 9. The fourth-order valence-corrected chi connectivity index (χ4v) is 4.25. The maximum Gasteiger partial charge on any atom is 0.234 e. The molecule has 0 aliphatic heterocycles. The highest BCUT2D eigenvalue weighted by molar-refractivity contribution is 9.10. The molecule has 12 heteroatoms. The van der Waals surface area contributed by atoms with E-state index in [1.165, 1.54) is 11.8 Å². The Hall–Kier alpha value is -2.04. The molecular formula is C21H17BrCl3N5O2S. The van der Waals surface area contributed by atoms with E-state index in [0.29, 0.717) is 38.9 Å². The van der Waals surface area contributed by atoms with Crippen molar-refractivity contribution < 1.29 is 9.59 Å². The van der Waals surface area contributed by atoms with Crippen LogP contribution in [-0.2, 0) is 22.6 Å². The van der Waals surface area contributed by atoms with Crippen LogP contribution in [0.15, 0.2) is 58.7 Å². The van der Waals surface area contributed by atoms with Gasteiger partial charge in [0.25, 0.3) is 0 Å². The Kier molecular flexibility index (Phi) is 9.22. The van der Waals surface area contributed by atoms with Crippen LogP contribution in [-0.4, -0.2) is 32.3 Å². The molecule has 0 unspecified atom stereocenters. The highest BCUT2D eigenvalue weighted by atomic mass is 79.9. The van der Waals surface area contributed by atoms with Gasteiger partial charge in [-0.05, 0) is 46.3 Å². The lowest BCUT2D eigenvalue weighted by Crippen LogP contribution is -2.18. The summed E-state index contributed by atoms with van der Waals surface area (Å²) in [6.45, 7) is 4.11. The number of amides is 2. The first-order chi connectivity index (χ1) is 15.8. The zero-order valence-electron chi connectivity index (χ0n) is 16.9. The van der Waals surface area contributed by atoms with Crippen molar-refractivity contribution in [2.45, 2.75) is 18.1 Å². The van der Waals surface area contributed by atoms with E-state index in [-0.39, 0.29) is 29.0 Å². The smallest absolute Gasteiger partial charge is 0.234 e. The van der Waals surface area contributed by atoms with Gasteiger partial charge in [0.15, 0.2) is 5.16 Å². The molecule has 0 atom stereocenters. The topological polar surface area (TPSA) is 88.9 Å². The van der Waals surface area contributed by atoms with Crippen molar-refractivity contribution in [3.63, 3.8) is 0 Å². The van der Waals surface area contributed by atoms with Crippen molar-refractivity contribution in [2.75, 3.05) is 16.4 Å². The Morgan fingerprint density at radius 3 is 2.61 bits per heavy atom. The quantitative estimate of drug-likeness (QED) is 0.233. The molecule has 0 saturated carbocycles. The first-order valence-corrected chi connectivity index (χ1v) is 12.3. The van der Waals surface area contributed by atoms with Gasteiger partial charge in [-0.3, -0.25) is 9.59 Å². The highest BCUT2D eigenvalue weighted by Gasteiger charge is 2.17. The lowest BCUT2D eigenvalue weighted by molar-refractivity contribution is -0.116. The highest BCUT2D eigenvalue weighted by Crippen LogP contribution is 2.30. The van der Waals surface area contributed by atoms with E-state index in [4.69, 9.17) is 34.8 Å². The van der Waals surface area contributed by atoms with Gasteiger partial charge >= 0.3 is 0 Å². The van der Waals surface area contributed by atoms with Gasteiger partial charge in [0.2, 0.25) is 11.8 Å². The fourth-order valence-electron chi connectivity index (χ4n) is 2.71. The maximum absolute atomic E-state index is 12.5. The Balaban J connectivity index is 1.64. The van der Waals surface area contributed by atoms with Gasteiger partial charge in [-0.1, -0.05) is 58.7 Å². The van der Waals surface area contributed by atoms with Crippen LogP contribution in [0.3, 0.4) is 0 Å². The van der Waals surface area contributed by atoms with Gasteiger partial charge in [0.05, 0.1) is 32.9 Å². The molecule has 2 aromatic carbocycles. The van der Waals surface area contributed by atoms with E-state index < -0.39 is 0 Å². The van der Waals surface area contributed by atoms with Crippen molar-refractivity contribution in [1.29, 1.82) is 0 Å². The van der Waals surface area contributed by atoms with Crippen LogP contribution in [0, 0.1) is 0 Å². The summed E-state index contributed by atoms with van der Waals surface area (Å²) in [5.41, 5.74) is 0.988. The maximum atomic E-state index is 12.5. The van der Waals surface area contributed by atoms with E-state index >= 15 is 0 Å². The van der Waals surface area contributed by atoms with Crippen LogP contribution in [0.2, 0.25) is 15.1 Å². The summed E-state index contributed by atoms with van der Waals surface area (Å²) in [6, 6.07) is 10.1. The third kappa shape index (κ3) is 6.97. The number of nitrogens with zero attached hydrogens (tertiary/aromatic N) is 3. The van der Waals surface area contributed by atoms with E-state index in [0.717, 1.165) is 4.47 Å². The van der Waals surface area contributed by atoms with Gasteiger partial charge in [0.1, 0.15) is 5.82 Å². The number of allylic oxidation sites excluding steroid dienone is 1. The van der Waals surface area contributed by atoms with Gasteiger partial charge in [-0.15, -0.1) is 16.8 Å².